The number of nitrogens with one attached hydrogen (secondary N) is 2. The van der Waals surface area contributed by atoms with Gasteiger partial charge < -0.3 is 15.5 Å². The minimum atomic E-state index is 0.131. The number of rotatable bonds is 5. The van der Waals surface area contributed by atoms with Gasteiger partial charge in [-0.3, -0.25) is 4.79 Å². The van der Waals surface area contributed by atoms with Gasteiger partial charge in [-0.25, -0.2) is 15.0 Å². The zero-order chi connectivity index (χ0) is 17.6. The van der Waals surface area contributed by atoms with Gasteiger partial charge in [0.2, 0.25) is 5.91 Å². The number of likely N-dealkylation sites (N-methyl/N-ethyl adjacent to an activating group) is 1. The smallest absolute Gasteiger partial charge is 0.236 e. The molecule has 0 aromatic carbocycles. The van der Waals surface area contributed by atoms with Crippen molar-refractivity contribution in [3.8, 4) is 0 Å². The van der Waals surface area contributed by atoms with Crippen LogP contribution < -0.4 is 10.6 Å². The largest absolute Gasteiger partial charge is 0.341 e. The molecule has 132 valence electrons. The van der Waals surface area contributed by atoms with Crippen LogP contribution in [0.5, 0.6) is 0 Å². The molecule has 0 unspecified atom stereocenters. The highest BCUT2D eigenvalue weighted by Crippen LogP contribution is 2.26. The number of anilines is 2. The number of hydrogen-bond acceptors (Lipinski definition) is 6. The van der Waals surface area contributed by atoms with Gasteiger partial charge in [-0.05, 0) is 38.9 Å². The van der Waals surface area contributed by atoms with Crippen molar-refractivity contribution >= 4 is 17.5 Å². The molecule has 1 aliphatic rings. The molecule has 1 amide bonds. The van der Waals surface area contributed by atoms with E-state index in [2.05, 4.69) is 25.6 Å². The van der Waals surface area contributed by atoms with Gasteiger partial charge in [0.1, 0.15) is 17.5 Å². The number of aryl methyl sites for hydroxylation is 1. The number of carbonyl (C=O) groups excluding carboxylic acids is 1. The van der Waals surface area contributed by atoms with E-state index in [0.717, 1.165) is 42.5 Å². The zero-order valence-corrected chi connectivity index (χ0v) is 14.7. The van der Waals surface area contributed by atoms with E-state index in [0.29, 0.717) is 13.1 Å². The van der Waals surface area contributed by atoms with Gasteiger partial charge in [-0.1, -0.05) is 6.07 Å². The second-order valence-electron chi connectivity index (χ2n) is 6.30. The van der Waals surface area contributed by atoms with Crippen LogP contribution in [0.1, 0.15) is 30.3 Å². The number of pyridine rings is 1. The van der Waals surface area contributed by atoms with Crippen molar-refractivity contribution in [2.24, 2.45) is 0 Å². The van der Waals surface area contributed by atoms with Crippen molar-refractivity contribution in [1.29, 1.82) is 0 Å². The molecular formula is C18H24N6O. The molecule has 1 saturated heterocycles. The SMILES string of the molecule is CNCC(=O)N1CCC[C@H](c2nc(C)cc(Nc3ccccn3)n2)C1. The number of amides is 1. The van der Waals surface area contributed by atoms with Crippen molar-refractivity contribution in [2.75, 3.05) is 32.0 Å². The van der Waals surface area contributed by atoms with Crippen LogP contribution in [0.3, 0.4) is 0 Å². The number of piperidine rings is 1. The summed E-state index contributed by atoms with van der Waals surface area (Å²) in [6.07, 6.45) is 3.71. The molecule has 2 aromatic rings. The number of carbonyl (C=O) groups is 1. The van der Waals surface area contributed by atoms with E-state index in [1.165, 1.54) is 0 Å². The third-order valence-corrected chi connectivity index (χ3v) is 4.26. The first-order valence-corrected chi connectivity index (χ1v) is 8.61. The molecule has 0 spiro atoms. The van der Waals surface area contributed by atoms with E-state index in [1.54, 1.807) is 13.2 Å². The van der Waals surface area contributed by atoms with Crippen molar-refractivity contribution < 1.29 is 4.79 Å². The summed E-state index contributed by atoms with van der Waals surface area (Å²) < 4.78 is 0. The number of nitrogens with zero attached hydrogens (tertiary/aromatic N) is 4. The molecule has 1 fully saturated rings. The van der Waals surface area contributed by atoms with E-state index in [9.17, 15) is 4.79 Å². The summed E-state index contributed by atoms with van der Waals surface area (Å²) in [5, 5.41) is 6.15. The minimum Gasteiger partial charge on any atom is -0.341 e. The molecule has 7 heteroatoms. The lowest BCUT2D eigenvalue weighted by Crippen LogP contribution is -2.43. The first-order chi connectivity index (χ1) is 12.2. The third kappa shape index (κ3) is 4.51. The van der Waals surface area contributed by atoms with Crippen molar-refractivity contribution in [2.45, 2.75) is 25.7 Å². The highest BCUT2D eigenvalue weighted by atomic mass is 16.2. The van der Waals surface area contributed by atoms with Crippen molar-refractivity contribution in [3.63, 3.8) is 0 Å². The van der Waals surface area contributed by atoms with E-state index in [-0.39, 0.29) is 11.8 Å². The molecule has 0 saturated carbocycles. The predicted molar refractivity (Wildman–Crippen MR) is 96.8 cm³/mol. The molecule has 0 bridgehead atoms. The Kier molecular flexibility index (Phi) is 5.55. The molecule has 25 heavy (non-hydrogen) atoms. The van der Waals surface area contributed by atoms with Crippen LogP contribution in [0.25, 0.3) is 0 Å². The van der Waals surface area contributed by atoms with Crippen LogP contribution in [-0.4, -0.2) is 52.4 Å². The normalized spacial score (nSPS) is 17.4. The number of hydrogen-bond donors (Lipinski definition) is 2. The van der Waals surface area contributed by atoms with E-state index in [1.807, 2.05) is 36.1 Å². The van der Waals surface area contributed by atoms with Gasteiger partial charge >= 0.3 is 0 Å². The average Bonchev–Trinajstić information content (AvgIpc) is 2.62. The Balaban J connectivity index is 1.76. The van der Waals surface area contributed by atoms with Gasteiger partial charge in [0.15, 0.2) is 0 Å². The number of aromatic nitrogens is 3. The fourth-order valence-corrected chi connectivity index (χ4v) is 3.08. The first kappa shape index (κ1) is 17.3. The topological polar surface area (TPSA) is 83.0 Å². The molecule has 1 aliphatic heterocycles. The van der Waals surface area contributed by atoms with Crippen LogP contribution in [0.4, 0.5) is 11.6 Å². The summed E-state index contributed by atoms with van der Waals surface area (Å²) in [6, 6.07) is 7.61. The van der Waals surface area contributed by atoms with E-state index in [4.69, 9.17) is 0 Å². The first-order valence-electron chi connectivity index (χ1n) is 8.61. The van der Waals surface area contributed by atoms with Crippen LogP contribution in [-0.2, 0) is 4.79 Å². The van der Waals surface area contributed by atoms with Gasteiger partial charge in [-0.15, -0.1) is 0 Å². The summed E-state index contributed by atoms with van der Waals surface area (Å²) in [7, 11) is 1.79. The lowest BCUT2D eigenvalue weighted by molar-refractivity contribution is -0.131. The summed E-state index contributed by atoms with van der Waals surface area (Å²) in [6.45, 7) is 3.81. The zero-order valence-electron chi connectivity index (χ0n) is 14.7. The Morgan fingerprint density at radius 3 is 2.96 bits per heavy atom. The van der Waals surface area contributed by atoms with Crippen LogP contribution in [0, 0.1) is 6.92 Å². The molecule has 0 aliphatic carbocycles. The minimum absolute atomic E-state index is 0.131. The molecule has 3 rings (SSSR count). The standard InChI is InChI=1S/C18H24N6O/c1-13-10-16(22-15-7-3-4-8-20-15)23-18(21-13)14-6-5-9-24(12-14)17(25)11-19-2/h3-4,7-8,10,14,19H,5-6,9,11-12H2,1-2H3,(H,20,21,22,23)/t14-/m0/s1. The Bertz CT molecular complexity index is 721. The van der Waals surface area contributed by atoms with Crippen LogP contribution >= 0.6 is 0 Å². The molecule has 7 nitrogen and oxygen atoms in total. The van der Waals surface area contributed by atoms with Crippen LogP contribution in [0.15, 0.2) is 30.5 Å². The molecular weight excluding hydrogens is 316 g/mol. The highest BCUT2D eigenvalue weighted by molar-refractivity contribution is 5.78. The fraction of sp³-hybridized carbons (Fsp3) is 0.444. The summed E-state index contributed by atoms with van der Waals surface area (Å²) in [5.74, 6) is 2.58. The Labute approximate surface area is 147 Å². The van der Waals surface area contributed by atoms with Crippen LogP contribution in [0.2, 0.25) is 0 Å². The van der Waals surface area contributed by atoms with Gasteiger partial charge in [-0.2, -0.15) is 0 Å². The molecule has 2 aromatic heterocycles. The second kappa shape index (κ2) is 8.02. The third-order valence-electron chi connectivity index (χ3n) is 4.26. The predicted octanol–water partition coefficient (Wildman–Crippen LogP) is 1.85. The lowest BCUT2D eigenvalue weighted by Gasteiger charge is -2.32. The van der Waals surface area contributed by atoms with E-state index >= 15 is 0 Å². The Morgan fingerprint density at radius 1 is 1.32 bits per heavy atom. The molecule has 0 radical (unpaired) electrons. The highest BCUT2D eigenvalue weighted by Gasteiger charge is 2.26. The molecule has 2 N–H and O–H groups in total. The number of likely N-dealkylation sites (tertiary alicyclic amines) is 1. The van der Waals surface area contributed by atoms with Crippen molar-refractivity contribution in [1.82, 2.24) is 25.2 Å². The monoisotopic (exact) mass is 340 g/mol. The summed E-state index contributed by atoms with van der Waals surface area (Å²) in [5.41, 5.74) is 0.905. The summed E-state index contributed by atoms with van der Waals surface area (Å²) >= 11 is 0. The van der Waals surface area contributed by atoms with Crippen molar-refractivity contribution in [3.05, 3.63) is 42.0 Å². The quantitative estimate of drug-likeness (QED) is 0.864. The maximum absolute atomic E-state index is 12.2. The molecule has 3 heterocycles. The van der Waals surface area contributed by atoms with E-state index < -0.39 is 0 Å². The van der Waals surface area contributed by atoms with Gasteiger partial charge in [0.25, 0.3) is 0 Å². The molecule has 1 atom stereocenters. The lowest BCUT2D eigenvalue weighted by atomic mass is 9.97. The Hall–Kier alpha value is -2.54. The maximum Gasteiger partial charge on any atom is 0.236 e. The van der Waals surface area contributed by atoms with Gasteiger partial charge in [0.05, 0.1) is 6.54 Å². The fourth-order valence-electron chi connectivity index (χ4n) is 3.08. The van der Waals surface area contributed by atoms with Gasteiger partial charge in [0, 0.05) is 37.0 Å². The maximum atomic E-state index is 12.2. The average molecular weight is 340 g/mol. The summed E-state index contributed by atoms with van der Waals surface area (Å²) in [4.78, 5) is 27.6. The second-order valence-corrected chi connectivity index (χ2v) is 6.30. The Morgan fingerprint density at radius 2 is 2.20 bits per heavy atom.